The van der Waals surface area contributed by atoms with Gasteiger partial charge in [0.1, 0.15) is 0 Å². The third kappa shape index (κ3) is 8.22. The molecule has 0 rings (SSSR count). The third-order valence-electron chi connectivity index (χ3n) is 2.95. The third-order valence-corrected chi connectivity index (χ3v) is 2.95. The van der Waals surface area contributed by atoms with Gasteiger partial charge in [0.25, 0.3) is 0 Å². The predicted octanol–water partition coefficient (Wildman–Crippen LogP) is 2.18. The second-order valence-corrected chi connectivity index (χ2v) is 7.96. The van der Waals surface area contributed by atoms with E-state index in [-0.39, 0.29) is 22.2 Å². The van der Waals surface area contributed by atoms with Crippen molar-refractivity contribution in [2.24, 2.45) is 22.0 Å². The minimum absolute atomic E-state index is 0.00470. The van der Waals surface area contributed by atoms with Gasteiger partial charge in [0.05, 0.1) is 13.2 Å². The first kappa shape index (κ1) is 18.4. The van der Waals surface area contributed by atoms with Crippen molar-refractivity contribution in [3.8, 4) is 0 Å². The van der Waals surface area contributed by atoms with E-state index in [9.17, 15) is 4.79 Å². The highest BCUT2D eigenvalue weighted by molar-refractivity contribution is 5.81. The van der Waals surface area contributed by atoms with Gasteiger partial charge < -0.3 is 15.8 Å². The van der Waals surface area contributed by atoms with Crippen molar-refractivity contribution in [1.29, 1.82) is 0 Å². The summed E-state index contributed by atoms with van der Waals surface area (Å²) in [6.45, 7) is 16.6. The SMILES string of the molecule is CC(C)(CN)COCC(C)(C)CNC(=O)C(C)(C)C. The summed E-state index contributed by atoms with van der Waals surface area (Å²) in [6, 6.07) is 0. The number of rotatable bonds is 7. The van der Waals surface area contributed by atoms with Gasteiger partial charge in [-0.25, -0.2) is 0 Å². The quantitative estimate of drug-likeness (QED) is 0.746. The fourth-order valence-corrected chi connectivity index (χ4v) is 1.30. The van der Waals surface area contributed by atoms with Gasteiger partial charge in [0.15, 0.2) is 0 Å². The van der Waals surface area contributed by atoms with Crippen LogP contribution >= 0.6 is 0 Å². The molecule has 0 saturated heterocycles. The molecule has 0 aromatic heterocycles. The lowest BCUT2D eigenvalue weighted by Crippen LogP contribution is -2.42. The molecule has 0 aliphatic carbocycles. The zero-order valence-electron chi connectivity index (χ0n) is 13.7. The summed E-state index contributed by atoms with van der Waals surface area (Å²) in [5.41, 5.74) is 5.24. The number of carbonyl (C=O) groups excluding carboxylic acids is 1. The normalized spacial score (nSPS) is 13.5. The molecule has 1 amide bonds. The molecule has 4 heteroatoms. The minimum Gasteiger partial charge on any atom is -0.380 e. The maximum atomic E-state index is 11.8. The molecule has 19 heavy (non-hydrogen) atoms. The largest absolute Gasteiger partial charge is 0.380 e. The number of carbonyl (C=O) groups is 1. The van der Waals surface area contributed by atoms with E-state index in [0.717, 1.165) is 0 Å². The van der Waals surface area contributed by atoms with Crippen LogP contribution in [-0.2, 0) is 9.53 Å². The highest BCUT2D eigenvalue weighted by Crippen LogP contribution is 2.19. The Morgan fingerprint density at radius 3 is 1.89 bits per heavy atom. The summed E-state index contributed by atoms with van der Waals surface area (Å²) < 4.78 is 5.74. The van der Waals surface area contributed by atoms with E-state index in [1.54, 1.807) is 0 Å². The average Bonchev–Trinajstić information content (AvgIpc) is 2.24. The fraction of sp³-hybridized carbons (Fsp3) is 0.933. The Kier molecular flexibility index (Phi) is 6.49. The molecule has 0 bridgehead atoms. The Morgan fingerprint density at radius 2 is 1.47 bits per heavy atom. The van der Waals surface area contributed by atoms with Gasteiger partial charge >= 0.3 is 0 Å². The summed E-state index contributed by atoms with van der Waals surface area (Å²) in [4.78, 5) is 11.8. The molecular formula is C15H32N2O2. The molecule has 0 fully saturated rings. The first-order valence-corrected chi connectivity index (χ1v) is 6.96. The smallest absolute Gasteiger partial charge is 0.225 e. The summed E-state index contributed by atoms with van der Waals surface area (Å²) in [6.07, 6.45) is 0. The zero-order chi connectivity index (χ0) is 15.3. The Labute approximate surface area is 118 Å². The molecule has 0 unspecified atom stereocenters. The van der Waals surface area contributed by atoms with E-state index in [2.05, 4.69) is 33.0 Å². The number of nitrogens with two attached hydrogens (primary N) is 1. The van der Waals surface area contributed by atoms with Crippen molar-refractivity contribution in [2.75, 3.05) is 26.3 Å². The van der Waals surface area contributed by atoms with Crippen molar-refractivity contribution in [2.45, 2.75) is 48.5 Å². The Bertz CT molecular complexity index is 291. The molecule has 0 heterocycles. The summed E-state index contributed by atoms with van der Waals surface area (Å²) in [7, 11) is 0. The van der Waals surface area contributed by atoms with Crippen LogP contribution in [0.25, 0.3) is 0 Å². The summed E-state index contributed by atoms with van der Waals surface area (Å²) >= 11 is 0. The lowest BCUT2D eigenvalue weighted by atomic mass is 9.91. The fourth-order valence-electron chi connectivity index (χ4n) is 1.30. The van der Waals surface area contributed by atoms with Crippen LogP contribution in [0.5, 0.6) is 0 Å². The van der Waals surface area contributed by atoms with Gasteiger partial charge in [-0.15, -0.1) is 0 Å². The maximum Gasteiger partial charge on any atom is 0.225 e. The second kappa shape index (κ2) is 6.71. The molecule has 0 atom stereocenters. The molecular weight excluding hydrogens is 240 g/mol. The van der Waals surface area contributed by atoms with Crippen molar-refractivity contribution in [3.63, 3.8) is 0 Å². The van der Waals surface area contributed by atoms with Gasteiger partial charge in [0.2, 0.25) is 5.91 Å². The first-order chi connectivity index (χ1) is 8.40. The van der Waals surface area contributed by atoms with Gasteiger partial charge in [-0.3, -0.25) is 4.79 Å². The predicted molar refractivity (Wildman–Crippen MR) is 79.9 cm³/mol. The molecule has 0 spiro atoms. The molecule has 4 nitrogen and oxygen atoms in total. The number of nitrogens with one attached hydrogen (secondary N) is 1. The van der Waals surface area contributed by atoms with Crippen LogP contribution in [-0.4, -0.2) is 32.2 Å². The van der Waals surface area contributed by atoms with Crippen molar-refractivity contribution >= 4 is 5.91 Å². The monoisotopic (exact) mass is 272 g/mol. The van der Waals surface area contributed by atoms with Crippen molar-refractivity contribution < 1.29 is 9.53 Å². The van der Waals surface area contributed by atoms with Gasteiger partial charge in [0, 0.05) is 22.8 Å². The number of amides is 1. The molecule has 0 aliphatic rings. The van der Waals surface area contributed by atoms with Crippen LogP contribution in [0.1, 0.15) is 48.5 Å². The average molecular weight is 272 g/mol. The maximum absolute atomic E-state index is 11.8. The number of hydrogen-bond donors (Lipinski definition) is 2. The summed E-state index contributed by atoms with van der Waals surface area (Å²) in [5, 5.41) is 2.98. The molecule has 0 aromatic rings. The Balaban J connectivity index is 4.10. The lowest BCUT2D eigenvalue weighted by molar-refractivity contribution is -0.129. The molecule has 114 valence electrons. The lowest BCUT2D eigenvalue weighted by Gasteiger charge is -2.29. The van der Waals surface area contributed by atoms with E-state index in [0.29, 0.717) is 26.3 Å². The number of hydrogen-bond acceptors (Lipinski definition) is 3. The highest BCUT2D eigenvalue weighted by atomic mass is 16.5. The van der Waals surface area contributed by atoms with Gasteiger partial charge in [-0.05, 0) is 6.54 Å². The van der Waals surface area contributed by atoms with Gasteiger partial charge in [-0.1, -0.05) is 48.5 Å². The van der Waals surface area contributed by atoms with E-state index in [1.807, 2.05) is 20.8 Å². The molecule has 0 aliphatic heterocycles. The molecule has 0 radical (unpaired) electrons. The number of ether oxygens (including phenoxy) is 1. The van der Waals surface area contributed by atoms with Crippen LogP contribution in [0.4, 0.5) is 0 Å². The molecule has 0 aromatic carbocycles. The van der Waals surface area contributed by atoms with E-state index >= 15 is 0 Å². The minimum atomic E-state index is -0.349. The second-order valence-electron chi connectivity index (χ2n) is 7.96. The Morgan fingerprint density at radius 1 is 1.00 bits per heavy atom. The topological polar surface area (TPSA) is 64.3 Å². The summed E-state index contributed by atoms with van der Waals surface area (Å²) in [5.74, 6) is 0.0721. The van der Waals surface area contributed by atoms with Crippen LogP contribution < -0.4 is 11.1 Å². The first-order valence-electron chi connectivity index (χ1n) is 6.96. The van der Waals surface area contributed by atoms with E-state index in [4.69, 9.17) is 10.5 Å². The van der Waals surface area contributed by atoms with Crippen LogP contribution in [0.3, 0.4) is 0 Å². The molecule has 3 N–H and O–H groups in total. The van der Waals surface area contributed by atoms with Crippen LogP contribution in [0.15, 0.2) is 0 Å². The zero-order valence-corrected chi connectivity index (χ0v) is 13.7. The van der Waals surface area contributed by atoms with Crippen molar-refractivity contribution in [1.82, 2.24) is 5.32 Å². The van der Waals surface area contributed by atoms with E-state index in [1.165, 1.54) is 0 Å². The van der Waals surface area contributed by atoms with Crippen molar-refractivity contribution in [3.05, 3.63) is 0 Å². The van der Waals surface area contributed by atoms with E-state index < -0.39 is 0 Å². The van der Waals surface area contributed by atoms with Crippen LogP contribution in [0.2, 0.25) is 0 Å². The standard InChI is InChI=1S/C15H32N2O2/c1-13(2,3)12(18)17-9-15(6,7)11-19-10-14(4,5)8-16/h8-11,16H2,1-7H3,(H,17,18). The van der Waals surface area contributed by atoms with Crippen LogP contribution in [0, 0.1) is 16.2 Å². The molecule has 0 saturated carbocycles. The van der Waals surface area contributed by atoms with Gasteiger partial charge in [-0.2, -0.15) is 0 Å². The Hall–Kier alpha value is -0.610. The highest BCUT2D eigenvalue weighted by Gasteiger charge is 2.26.